The van der Waals surface area contributed by atoms with Crippen LogP contribution in [0.1, 0.15) is 0 Å². The number of hydrogen-bond donors (Lipinski definition) is 2. The number of hydrogen-bond acceptors (Lipinski definition) is 8. The zero-order chi connectivity index (χ0) is 21.8. The minimum absolute atomic E-state index is 0. The van der Waals surface area contributed by atoms with Crippen LogP contribution in [0.15, 0.2) is 70.5 Å². The van der Waals surface area contributed by atoms with E-state index in [1.165, 1.54) is 36.4 Å². The molecule has 0 spiro atoms. The molecule has 0 fully saturated rings. The molecular formula is C20H12Na2O8S2. The van der Waals surface area contributed by atoms with E-state index in [0.29, 0.717) is 21.5 Å². The van der Waals surface area contributed by atoms with Crippen LogP contribution in [0, 0.1) is 0 Å². The molecule has 4 aromatic carbocycles. The molecule has 0 saturated carbocycles. The molecule has 0 unspecified atom stereocenters. The third kappa shape index (κ3) is 5.00. The summed E-state index contributed by atoms with van der Waals surface area (Å²) in [6, 6.07) is 12.6. The van der Waals surface area contributed by atoms with E-state index in [4.69, 9.17) is 0 Å². The van der Waals surface area contributed by atoms with Gasteiger partial charge in [0.05, 0.1) is 9.79 Å². The molecule has 0 aliphatic heterocycles. The first-order chi connectivity index (χ1) is 14.0. The summed E-state index contributed by atoms with van der Waals surface area (Å²) in [5.74, 6) is -0.466. The fourth-order valence-electron chi connectivity index (χ4n) is 3.43. The zero-order valence-corrected chi connectivity index (χ0v) is 22.6. The predicted octanol–water partition coefficient (Wildman–Crippen LogP) is -3.11. The Morgan fingerprint density at radius 3 is 1.22 bits per heavy atom. The second-order valence-electron chi connectivity index (χ2n) is 6.59. The molecule has 0 aromatic heterocycles. The van der Waals surface area contributed by atoms with E-state index in [0.717, 1.165) is 24.3 Å². The van der Waals surface area contributed by atoms with Crippen molar-refractivity contribution in [3.05, 3.63) is 60.7 Å². The van der Waals surface area contributed by atoms with Crippen molar-refractivity contribution in [3.8, 4) is 22.6 Å². The van der Waals surface area contributed by atoms with Crippen molar-refractivity contribution in [1.29, 1.82) is 0 Å². The van der Waals surface area contributed by atoms with Crippen LogP contribution >= 0.6 is 0 Å². The number of phenols is 2. The van der Waals surface area contributed by atoms with Gasteiger partial charge in [0.15, 0.2) is 0 Å². The number of rotatable bonds is 3. The molecule has 0 heterocycles. The second-order valence-corrected chi connectivity index (χ2v) is 9.35. The molecule has 32 heavy (non-hydrogen) atoms. The monoisotopic (exact) mass is 490 g/mol. The summed E-state index contributed by atoms with van der Waals surface area (Å²) in [5.41, 5.74) is 0.311. The molecule has 0 amide bonds. The van der Waals surface area contributed by atoms with E-state index in [2.05, 4.69) is 0 Å². The summed E-state index contributed by atoms with van der Waals surface area (Å²) in [6.07, 6.45) is 0. The van der Waals surface area contributed by atoms with Crippen molar-refractivity contribution in [2.75, 3.05) is 0 Å². The van der Waals surface area contributed by atoms with Crippen LogP contribution < -0.4 is 59.1 Å². The van der Waals surface area contributed by atoms with Gasteiger partial charge in [0.25, 0.3) is 0 Å². The van der Waals surface area contributed by atoms with E-state index in [9.17, 15) is 36.2 Å². The minimum Gasteiger partial charge on any atom is -0.744 e. The van der Waals surface area contributed by atoms with Gasteiger partial charge in [-0.05, 0) is 57.9 Å². The van der Waals surface area contributed by atoms with E-state index in [1.54, 1.807) is 0 Å². The van der Waals surface area contributed by atoms with Crippen LogP contribution in [0.2, 0.25) is 0 Å². The first-order valence-electron chi connectivity index (χ1n) is 8.40. The molecule has 4 aromatic rings. The fraction of sp³-hybridized carbons (Fsp3) is 0. The van der Waals surface area contributed by atoms with E-state index < -0.39 is 30.0 Å². The number of benzene rings is 4. The maximum Gasteiger partial charge on any atom is 1.00 e. The normalized spacial score (nSPS) is 11.7. The summed E-state index contributed by atoms with van der Waals surface area (Å²) in [7, 11) is -9.38. The third-order valence-electron chi connectivity index (χ3n) is 4.77. The molecule has 2 N–H and O–H groups in total. The van der Waals surface area contributed by atoms with Crippen LogP contribution in [0.4, 0.5) is 0 Å². The Balaban J connectivity index is 0.00000181. The summed E-state index contributed by atoms with van der Waals surface area (Å²) in [5, 5.41) is 22.4. The summed E-state index contributed by atoms with van der Waals surface area (Å²) < 4.78 is 67.9. The maximum atomic E-state index is 11.3. The van der Waals surface area contributed by atoms with Crippen molar-refractivity contribution in [3.63, 3.8) is 0 Å². The van der Waals surface area contributed by atoms with Crippen LogP contribution in [0.5, 0.6) is 11.5 Å². The van der Waals surface area contributed by atoms with Crippen molar-refractivity contribution in [2.45, 2.75) is 9.79 Å². The summed E-state index contributed by atoms with van der Waals surface area (Å²) in [6.45, 7) is 0. The van der Waals surface area contributed by atoms with Gasteiger partial charge in [-0.25, -0.2) is 16.8 Å². The molecular weight excluding hydrogens is 478 g/mol. The minimum atomic E-state index is -4.69. The molecule has 0 saturated heterocycles. The molecule has 12 heteroatoms. The van der Waals surface area contributed by atoms with Crippen LogP contribution in [0.3, 0.4) is 0 Å². The van der Waals surface area contributed by atoms with Gasteiger partial charge in [0, 0.05) is 11.1 Å². The van der Waals surface area contributed by atoms with Gasteiger partial charge < -0.3 is 19.3 Å². The molecule has 154 valence electrons. The standard InChI is InChI=1S/C20H14O8S2.2Na/c21-17-7-1-11-9-13(29(23,24)25)3-5-15(11)19(17)20-16-6-4-14(30(26,27)28)10-12(16)2-8-18(20)22;;/h1-10,21-22H,(H,23,24,25)(H,26,27,28);;/q;2*+1/p-2. The summed E-state index contributed by atoms with van der Waals surface area (Å²) in [4.78, 5) is -0.891. The van der Waals surface area contributed by atoms with Crippen molar-refractivity contribution in [2.24, 2.45) is 0 Å². The average Bonchev–Trinajstić information content (AvgIpc) is 2.66. The third-order valence-corrected chi connectivity index (χ3v) is 6.43. The van der Waals surface area contributed by atoms with Crippen molar-refractivity contribution >= 4 is 41.8 Å². The Labute approximate surface area is 228 Å². The van der Waals surface area contributed by atoms with Gasteiger partial charge in [0.1, 0.15) is 31.7 Å². The van der Waals surface area contributed by atoms with Crippen LogP contribution in [0.25, 0.3) is 32.7 Å². The first kappa shape index (κ1) is 27.1. The average molecular weight is 490 g/mol. The van der Waals surface area contributed by atoms with Crippen molar-refractivity contribution < 1.29 is 95.3 Å². The molecule has 8 nitrogen and oxygen atoms in total. The number of aromatic hydroxyl groups is 2. The van der Waals surface area contributed by atoms with Gasteiger partial charge in [-0.1, -0.05) is 24.3 Å². The maximum absolute atomic E-state index is 11.3. The van der Waals surface area contributed by atoms with Gasteiger partial charge in [0.2, 0.25) is 0 Å². The van der Waals surface area contributed by atoms with E-state index in [-0.39, 0.29) is 81.7 Å². The Hall–Kier alpha value is -1.18. The SMILES string of the molecule is O=S(=O)([O-])c1ccc2c(-c3c(O)ccc4cc(S(=O)(=O)[O-])ccc34)c(O)ccc2c1.[Na+].[Na+]. The molecule has 0 atom stereocenters. The molecule has 0 aliphatic rings. The first-order valence-corrected chi connectivity index (χ1v) is 11.2. The van der Waals surface area contributed by atoms with Gasteiger partial charge in [-0.2, -0.15) is 0 Å². The number of fused-ring (bicyclic) bond motifs is 2. The van der Waals surface area contributed by atoms with Crippen molar-refractivity contribution in [1.82, 2.24) is 0 Å². The zero-order valence-electron chi connectivity index (χ0n) is 16.9. The van der Waals surface area contributed by atoms with Gasteiger partial charge >= 0.3 is 59.1 Å². The fourth-order valence-corrected chi connectivity index (χ4v) is 4.44. The van der Waals surface area contributed by atoms with Crippen LogP contribution in [-0.2, 0) is 20.2 Å². The topological polar surface area (TPSA) is 155 Å². The smallest absolute Gasteiger partial charge is 0.744 e. The Morgan fingerprint density at radius 1 is 0.562 bits per heavy atom. The molecule has 4 rings (SSSR count). The van der Waals surface area contributed by atoms with E-state index in [1.807, 2.05) is 0 Å². The number of phenolic OH excluding ortho intramolecular Hbond substituents is 2. The molecule has 0 bridgehead atoms. The largest absolute Gasteiger partial charge is 1.00 e. The summed E-state index contributed by atoms with van der Waals surface area (Å²) >= 11 is 0. The Kier molecular flexibility index (Phi) is 8.11. The Bertz CT molecular complexity index is 1450. The van der Waals surface area contributed by atoms with E-state index >= 15 is 0 Å². The van der Waals surface area contributed by atoms with Gasteiger partial charge in [-0.15, -0.1) is 0 Å². The molecule has 0 aliphatic carbocycles. The predicted molar refractivity (Wildman–Crippen MR) is 106 cm³/mol. The van der Waals surface area contributed by atoms with Gasteiger partial charge in [-0.3, -0.25) is 0 Å². The Morgan fingerprint density at radius 2 is 0.906 bits per heavy atom. The molecule has 0 radical (unpaired) electrons. The van der Waals surface area contributed by atoms with Crippen LogP contribution in [-0.4, -0.2) is 36.2 Å². The second kappa shape index (κ2) is 9.59. The quantitative estimate of drug-likeness (QED) is 0.226.